The van der Waals surface area contributed by atoms with Gasteiger partial charge in [-0.3, -0.25) is 0 Å². The Labute approximate surface area is 116 Å². The van der Waals surface area contributed by atoms with Gasteiger partial charge in [-0.1, -0.05) is 25.4 Å². The van der Waals surface area contributed by atoms with Gasteiger partial charge in [0.1, 0.15) is 5.76 Å². The molecule has 0 atom stereocenters. The summed E-state index contributed by atoms with van der Waals surface area (Å²) in [6.07, 6.45) is 0. The molecule has 1 aromatic carbocycles. The zero-order valence-electron chi connectivity index (χ0n) is 11.2. The zero-order valence-corrected chi connectivity index (χ0v) is 12.0. The lowest BCUT2D eigenvalue weighted by atomic mass is 10.1. The van der Waals surface area contributed by atoms with Crippen molar-refractivity contribution in [3.05, 3.63) is 34.3 Å². The Balaban J connectivity index is 2.49. The molecule has 0 saturated heterocycles. The molecule has 0 aliphatic rings. The van der Waals surface area contributed by atoms with Gasteiger partial charge in [-0.2, -0.15) is 0 Å². The molecule has 0 saturated carbocycles. The molecule has 3 nitrogen and oxygen atoms in total. The third-order valence-corrected chi connectivity index (χ3v) is 3.19. The number of benzene rings is 1. The van der Waals surface area contributed by atoms with Crippen molar-refractivity contribution in [2.75, 3.05) is 7.11 Å². The first kappa shape index (κ1) is 14.3. The number of ether oxygens (including phenoxy) is 1. The Morgan fingerprint density at radius 3 is 2.79 bits per heavy atom. The second-order valence-corrected chi connectivity index (χ2v) is 5.12. The van der Waals surface area contributed by atoms with Crippen LogP contribution < -0.4 is 5.32 Å². The van der Waals surface area contributed by atoms with E-state index < -0.39 is 5.82 Å². The van der Waals surface area contributed by atoms with E-state index in [1.165, 1.54) is 6.07 Å². The van der Waals surface area contributed by atoms with Crippen molar-refractivity contribution in [1.82, 2.24) is 5.32 Å². The van der Waals surface area contributed by atoms with Crippen LogP contribution in [0.1, 0.15) is 25.2 Å². The summed E-state index contributed by atoms with van der Waals surface area (Å²) in [5.74, 6) is 0.166. The largest absolute Gasteiger partial charge is 0.456 e. The third-order valence-electron chi connectivity index (χ3n) is 2.90. The minimum Gasteiger partial charge on any atom is -0.456 e. The van der Waals surface area contributed by atoms with Crippen molar-refractivity contribution in [2.45, 2.75) is 33.0 Å². The summed E-state index contributed by atoms with van der Waals surface area (Å²) >= 11 is 5.77. The fraction of sp³-hybridized carbons (Fsp3) is 0.429. The van der Waals surface area contributed by atoms with Crippen LogP contribution >= 0.6 is 11.6 Å². The van der Waals surface area contributed by atoms with Gasteiger partial charge in [-0.15, -0.1) is 0 Å². The summed E-state index contributed by atoms with van der Waals surface area (Å²) < 4.78 is 24.7. The van der Waals surface area contributed by atoms with Gasteiger partial charge in [0.15, 0.2) is 11.4 Å². The highest BCUT2D eigenvalue weighted by Gasteiger charge is 2.18. The van der Waals surface area contributed by atoms with Crippen LogP contribution in [0, 0.1) is 5.82 Å². The van der Waals surface area contributed by atoms with Crippen molar-refractivity contribution in [3.8, 4) is 0 Å². The summed E-state index contributed by atoms with van der Waals surface area (Å²) in [6, 6.07) is 3.61. The van der Waals surface area contributed by atoms with E-state index in [1.807, 2.05) is 13.8 Å². The van der Waals surface area contributed by atoms with Gasteiger partial charge in [0.25, 0.3) is 0 Å². The van der Waals surface area contributed by atoms with Crippen molar-refractivity contribution >= 4 is 22.6 Å². The summed E-state index contributed by atoms with van der Waals surface area (Å²) in [4.78, 5) is 0. The van der Waals surface area contributed by atoms with E-state index in [1.54, 1.807) is 13.2 Å². The topological polar surface area (TPSA) is 34.4 Å². The number of methoxy groups -OCH3 is 1. The van der Waals surface area contributed by atoms with Crippen LogP contribution in [0.5, 0.6) is 0 Å². The van der Waals surface area contributed by atoms with Crippen molar-refractivity contribution < 1.29 is 13.5 Å². The molecule has 0 aliphatic heterocycles. The normalized spacial score (nSPS) is 11.7. The Bertz CT molecular complexity index is 580. The summed E-state index contributed by atoms with van der Waals surface area (Å²) in [7, 11) is 1.60. The number of halogens is 2. The summed E-state index contributed by atoms with van der Waals surface area (Å²) in [6.45, 7) is 4.98. The minimum atomic E-state index is -0.521. The molecule has 0 spiro atoms. The smallest absolute Gasteiger partial charge is 0.184 e. The molecule has 0 unspecified atom stereocenters. The Morgan fingerprint density at radius 2 is 2.16 bits per heavy atom. The van der Waals surface area contributed by atoms with Gasteiger partial charge in [0.05, 0.1) is 18.2 Å². The summed E-state index contributed by atoms with van der Waals surface area (Å²) in [5, 5.41) is 4.03. The van der Waals surface area contributed by atoms with Crippen LogP contribution in [0.3, 0.4) is 0 Å². The number of hydrogen-bond acceptors (Lipinski definition) is 3. The van der Waals surface area contributed by atoms with Gasteiger partial charge < -0.3 is 14.5 Å². The maximum Gasteiger partial charge on any atom is 0.184 e. The number of nitrogens with one attached hydrogen (secondary N) is 1. The van der Waals surface area contributed by atoms with Crippen molar-refractivity contribution in [2.24, 2.45) is 0 Å². The fourth-order valence-electron chi connectivity index (χ4n) is 1.95. The highest BCUT2D eigenvalue weighted by molar-refractivity contribution is 6.31. The highest BCUT2D eigenvalue weighted by Crippen LogP contribution is 2.32. The van der Waals surface area contributed by atoms with Crippen molar-refractivity contribution in [1.29, 1.82) is 0 Å². The molecular weight excluding hydrogens is 269 g/mol. The average molecular weight is 286 g/mol. The van der Waals surface area contributed by atoms with Crippen LogP contribution in [-0.4, -0.2) is 13.2 Å². The molecular formula is C14H17ClFNO2. The van der Waals surface area contributed by atoms with E-state index in [0.717, 1.165) is 5.56 Å². The van der Waals surface area contributed by atoms with E-state index >= 15 is 0 Å². The number of rotatable bonds is 5. The van der Waals surface area contributed by atoms with Gasteiger partial charge in [-0.25, -0.2) is 4.39 Å². The average Bonchev–Trinajstić information content (AvgIpc) is 2.71. The van der Waals surface area contributed by atoms with E-state index in [4.69, 9.17) is 20.8 Å². The maximum atomic E-state index is 13.9. The van der Waals surface area contributed by atoms with Gasteiger partial charge in [0, 0.05) is 24.1 Å². The van der Waals surface area contributed by atoms with Crippen LogP contribution in [-0.2, 0) is 17.9 Å². The van der Waals surface area contributed by atoms with E-state index in [2.05, 4.69) is 5.32 Å². The van der Waals surface area contributed by atoms with Crippen LogP contribution in [0.15, 0.2) is 16.5 Å². The lowest BCUT2D eigenvalue weighted by Gasteiger charge is -2.07. The quantitative estimate of drug-likeness (QED) is 0.905. The number of fused-ring (bicyclic) bond motifs is 1. The molecule has 1 N–H and O–H groups in total. The molecule has 0 fully saturated rings. The molecule has 2 aromatic rings. The first-order valence-electron chi connectivity index (χ1n) is 6.15. The van der Waals surface area contributed by atoms with Gasteiger partial charge in [0.2, 0.25) is 0 Å². The van der Waals surface area contributed by atoms with Crippen LogP contribution in [0.4, 0.5) is 4.39 Å². The lowest BCUT2D eigenvalue weighted by Crippen LogP contribution is -2.22. The second-order valence-electron chi connectivity index (χ2n) is 4.71. The number of hydrogen-bond donors (Lipinski definition) is 1. The minimum absolute atomic E-state index is 0.0635. The lowest BCUT2D eigenvalue weighted by molar-refractivity contribution is 0.183. The van der Waals surface area contributed by atoms with E-state index in [-0.39, 0.29) is 10.6 Å². The molecule has 5 heteroatoms. The van der Waals surface area contributed by atoms with E-state index in [9.17, 15) is 4.39 Å². The zero-order chi connectivity index (χ0) is 14.0. The SMILES string of the molecule is COCc1c(CNC(C)C)oc2c(F)c(Cl)ccc12. The second kappa shape index (κ2) is 5.90. The van der Waals surface area contributed by atoms with Crippen LogP contribution in [0.25, 0.3) is 11.0 Å². The molecule has 1 heterocycles. The Hall–Kier alpha value is -1.10. The Kier molecular flexibility index (Phi) is 4.45. The van der Waals surface area contributed by atoms with Crippen LogP contribution in [0.2, 0.25) is 5.02 Å². The molecule has 0 amide bonds. The Morgan fingerprint density at radius 1 is 1.42 bits per heavy atom. The number of furan rings is 1. The predicted octanol–water partition coefficient (Wildman–Crippen LogP) is 3.87. The standard InChI is InChI=1S/C14H17ClFNO2/c1-8(2)17-6-12-10(7-18-3)9-4-5-11(15)13(16)14(9)19-12/h4-5,8,17H,6-7H2,1-3H3. The maximum absolute atomic E-state index is 13.9. The first-order valence-corrected chi connectivity index (χ1v) is 6.53. The molecule has 0 bridgehead atoms. The molecule has 0 radical (unpaired) electrons. The van der Waals surface area contributed by atoms with Gasteiger partial charge in [-0.05, 0) is 12.1 Å². The third kappa shape index (κ3) is 2.91. The molecule has 19 heavy (non-hydrogen) atoms. The van der Waals surface area contributed by atoms with Gasteiger partial charge >= 0.3 is 0 Å². The fourth-order valence-corrected chi connectivity index (χ4v) is 2.10. The predicted molar refractivity (Wildman–Crippen MR) is 73.9 cm³/mol. The van der Waals surface area contributed by atoms with Crippen molar-refractivity contribution in [3.63, 3.8) is 0 Å². The molecule has 1 aromatic heterocycles. The molecule has 2 rings (SSSR count). The summed E-state index contributed by atoms with van der Waals surface area (Å²) in [5.41, 5.74) is 1.06. The highest BCUT2D eigenvalue weighted by atomic mass is 35.5. The molecule has 0 aliphatic carbocycles. The molecule has 104 valence electrons. The monoisotopic (exact) mass is 285 g/mol. The first-order chi connectivity index (χ1) is 9.04. The van der Waals surface area contributed by atoms with E-state index in [0.29, 0.717) is 30.3 Å².